The van der Waals surface area contributed by atoms with Crippen molar-refractivity contribution in [3.8, 4) is 0 Å². The van der Waals surface area contributed by atoms with Crippen molar-refractivity contribution in [1.82, 2.24) is 20.0 Å². The van der Waals surface area contributed by atoms with Crippen molar-refractivity contribution in [2.75, 3.05) is 13.1 Å². The average Bonchev–Trinajstić information content (AvgIpc) is 3.02. The van der Waals surface area contributed by atoms with Crippen LogP contribution in [0, 0.1) is 5.82 Å². The number of aromatic nitrogens is 2. The zero-order chi connectivity index (χ0) is 17.6. The quantitative estimate of drug-likeness (QED) is 0.875. The van der Waals surface area contributed by atoms with Crippen LogP contribution in [-0.4, -0.2) is 39.7 Å². The van der Waals surface area contributed by atoms with Crippen molar-refractivity contribution in [2.45, 2.75) is 38.3 Å². The maximum absolute atomic E-state index is 13.1. The molecule has 25 heavy (non-hydrogen) atoms. The third-order valence-electron chi connectivity index (χ3n) is 4.82. The normalized spacial score (nSPS) is 18.2. The molecule has 0 radical (unpaired) electrons. The Morgan fingerprint density at radius 3 is 2.80 bits per heavy atom. The van der Waals surface area contributed by atoms with E-state index >= 15 is 0 Å². The molecule has 0 aliphatic carbocycles. The second-order valence-electron chi connectivity index (χ2n) is 6.60. The molecule has 1 aliphatic heterocycles. The first-order valence-corrected chi connectivity index (χ1v) is 8.86. The van der Waals surface area contributed by atoms with E-state index in [0.717, 1.165) is 43.5 Å². The van der Waals surface area contributed by atoms with Crippen LogP contribution >= 0.6 is 0 Å². The van der Waals surface area contributed by atoms with Crippen LogP contribution in [0.2, 0.25) is 0 Å². The number of hydrogen-bond acceptors (Lipinski definition) is 3. The fraction of sp³-hybridized carbons (Fsp3) is 0.474. The zero-order valence-electron chi connectivity index (χ0n) is 14.6. The van der Waals surface area contributed by atoms with Gasteiger partial charge in [-0.3, -0.25) is 14.4 Å². The molecule has 1 aliphatic rings. The van der Waals surface area contributed by atoms with Crippen LogP contribution in [0.4, 0.5) is 4.39 Å². The van der Waals surface area contributed by atoms with Crippen LogP contribution in [0.1, 0.15) is 30.5 Å². The van der Waals surface area contributed by atoms with Gasteiger partial charge in [-0.2, -0.15) is 5.10 Å². The van der Waals surface area contributed by atoms with E-state index in [0.29, 0.717) is 13.1 Å². The lowest BCUT2D eigenvalue weighted by Crippen LogP contribution is -2.49. The monoisotopic (exact) mass is 344 g/mol. The summed E-state index contributed by atoms with van der Waals surface area (Å²) in [7, 11) is 1.91. The third-order valence-corrected chi connectivity index (χ3v) is 4.82. The number of hydrogen-bond donors (Lipinski definition) is 1. The minimum Gasteiger partial charge on any atom is -0.354 e. The number of aryl methyl sites for hydroxylation is 1. The van der Waals surface area contributed by atoms with Crippen molar-refractivity contribution in [3.63, 3.8) is 0 Å². The number of piperidine rings is 1. The summed E-state index contributed by atoms with van der Waals surface area (Å²) < 4.78 is 14.9. The molecule has 5 nitrogen and oxygen atoms in total. The van der Waals surface area contributed by atoms with Crippen molar-refractivity contribution >= 4 is 5.91 Å². The molecule has 1 aromatic heterocycles. The lowest BCUT2D eigenvalue weighted by Gasteiger charge is -2.34. The van der Waals surface area contributed by atoms with E-state index in [-0.39, 0.29) is 17.8 Å². The summed E-state index contributed by atoms with van der Waals surface area (Å²) in [5.74, 6) is -0.143. The minimum absolute atomic E-state index is 0.0870. The van der Waals surface area contributed by atoms with E-state index in [1.54, 1.807) is 18.3 Å². The number of likely N-dealkylation sites (tertiary alicyclic amines) is 1. The highest BCUT2D eigenvalue weighted by Crippen LogP contribution is 2.20. The van der Waals surface area contributed by atoms with Crippen LogP contribution in [0.3, 0.4) is 0 Å². The SMILES string of the molecule is Cn1nccc1CCNC(=O)[C@H]1CCCCN1Cc1ccc(F)cc1. The van der Waals surface area contributed by atoms with Gasteiger partial charge in [0.2, 0.25) is 5.91 Å². The maximum Gasteiger partial charge on any atom is 0.237 e. The van der Waals surface area contributed by atoms with Crippen LogP contribution < -0.4 is 5.32 Å². The predicted molar refractivity (Wildman–Crippen MR) is 94.4 cm³/mol. The van der Waals surface area contributed by atoms with Crippen molar-refractivity contribution in [3.05, 3.63) is 53.6 Å². The molecule has 1 atom stereocenters. The molecule has 6 heteroatoms. The Hall–Kier alpha value is -2.21. The van der Waals surface area contributed by atoms with Crippen molar-refractivity contribution < 1.29 is 9.18 Å². The summed E-state index contributed by atoms with van der Waals surface area (Å²) in [6.45, 7) is 2.19. The molecule has 1 aromatic carbocycles. The summed E-state index contributed by atoms with van der Waals surface area (Å²) in [5, 5.41) is 7.20. The largest absolute Gasteiger partial charge is 0.354 e. The molecule has 1 saturated heterocycles. The zero-order valence-corrected chi connectivity index (χ0v) is 14.6. The molecule has 1 N–H and O–H groups in total. The summed E-state index contributed by atoms with van der Waals surface area (Å²) in [4.78, 5) is 14.8. The van der Waals surface area contributed by atoms with Crippen LogP contribution in [0.15, 0.2) is 36.5 Å². The van der Waals surface area contributed by atoms with Gasteiger partial charge in [-0.1, -0.05) is 18.6 Å². The summed E-state index contributed by atoms with van der Waals surface area (Å²) in [6, 6.07) is 8.39. The molecule has 0 spiro atoms. The van der Waals surface area contributed by atoms with Gasteiger partial charge >= 0.3 is 0 Å². The van der Waals surface area contributed by atoms with Gasteiger partial charge in [0.05, 0.1) is 6.04 Å². The molecule has 0 saturated carbocycles. The number of benzene rings is 1. The molecule has 134 valence electrons. The van der Waals surface area contributed by atoms with Crippen molar-refractivity contribution in [1.29, 1.82) is 0 Å². The second-order valence-corrected chi connectivity index (χ2v) is 6.60. The van der Waals surface area contributed by atoms with E-state index in [1.807, 2.05) is 17.8 Å². The molecule has 1 fully saturated rings. The Morgan fingerprint density at radius 1 is 1.28 bits per heavy atom. The number of amides is 1. The Morgan fingerprint density at radius 2 is 2.08 bits per heavy atom. The summed E-state index contributed by atoms with van der Waals surface area (Å²) >= 11 is 0. The summed E-state index contributed by atoms with van der Waals surface area (Å²) in [5.41, 5.74) is 2.14. The molecular weight excluding hydrogens is 319 g/mol. The van der Waals surface area contributed by atoms with Gasteiger partial charge in [-0.25, -0.2) is 4.39 Å². The van der Waals surface area contributed by atoms with E-state index < -0.39 is 0 Å². The lowest BCUT2D eigenvalue weighted by atomic mass is 10.0. The fourth-order valence-electron chi connectivity index (χ4n) is 3.38. The fourth-order valence-corrected chi connectivity index (χ4v) is 3.38. The first-order chi connectivity index (χ1) is 12.1. The van der Waals surface area contributed by atoms with Crippen molar-refractivity contribution in [2.24, 2.45) is 7.05 Å². The number of carbonyl (C=O) groups is 1. The smallest absolute Gasteiger partial charge is 0.237 e. The van der Waals surface area contributed by atoms with E-state index in [9.17, 15) is 9.18 Å². The number of halogens is 1. The summed E-state index contributed by atoms with van der Waals surface area (Å²) in [6.07, 6.45) is 5.58. The van der Waals surface area contributed by atoms with Crippen LogP contribution in [0.5, 0.6) is 0 Å². The molecule has 0 unspecified atom stereocenters. The topological polar surface area (TPSA) is 50.2 Å². The first-order valence-electron chi connectivity index (χ1n) is 8.86. The molecule has 3 rings (SSSR count). The predicted octanol–water partition coefficient (Wildman–Crippen LogP) is 2.27. The number of rotatable bonds is 6. The molecule has 1 amide bonds. The number of carbonyl (C=O) groups excluding carboxylic acids is 1. The Balaban J connectivity index is 1.55. The Bertz CT molecular complexity index is 698. The van der Waals surface area contributed by atoms with Crippen LogP contribution in [-0.2, 0) is 24.8 Å². The molecule has 0 bridgehead atoms. The van der Waals surface area contributed by atoms with E-state index in [1.165, 1.54) is 12.1 Å². The van der Waals surface area contributed by atoms with Gasteiger partial charge in [0.15, 0.2) is 0 Å². The number of nitrogens with one attached hydrogen (secondary N) is 1. The highest BCUT2D eigenvalue weighted by molar-refractivity contribution is 5.81. The maximum atomic E-state index is 13.1. The molecule has 2 aromatic rings. The first kappa shape index (κ1) is 17.6. The second kappa shape index (κ2) is 8.25. The average molecular weight is 344 g/mol. The van der Waals surface area contributed by atoms with Gasteiger partial charge in [0, 0.05) is 38.4 Å². The Labute approximate surface area is 147 Å². The van der Waals surface area contributed by atoms with Crippen LogP contribution in [0.25, 0.3) is 0 Å². The van der Waals surface area contributed by atoms with Gasteiger partial charge < -0.3 is 5.32 Å². The van der Waals surface area contributed by atoms with Gasteiger partial charge in [0.1, 0.15) is 5.82 Å². The van der Waals surface area contributed by atoms with Gasteiger partial charge in [0.25, 0.3) is 0 Å². The van der Waals surface area contributed by atoms with Gasteiger partial charge in [-0.05, 0) is 43.1 Å². The van der Waals surface area contributed by atoms with E-state index in [4.69, 9.17) is 0 Å². The number of nitrogens with zero attached hydrogens (tertiary/aromatic N) is 3. The lowest BCUT2D eigenvalue weighted by molar-refractivity contribution is -0.127. The highest BCUT2D eigenvalue weighted by Gasteiger charge is 2.28. The molecule has 2 heterocycles. The van der Waals surface area contributed by atoms with Gasteiger partial charge in [-0.15, -0.1) is 0 Å². The Kier molecular flexibility index (Phi) is 5.81. The highest BCUT2D eigenvalue weighted by atomic mass is 19.1. The minimum atomic E-state index is -0.230. The molecular formula is C19H25FN4O. The van der Waals surface area contributed by atoms with E-state index in [2.05, 4.69) is 15.3 Å². The standard InChI is InChI=1S/C19H25FN4O/c1-23-17(10-12-22-23)9-11-21-19(25)18-4-2-3-13-24(18)14-15-5-7-16(20)8-6-15/h5-8,10,12,18H,2-4,9,11,13-14H2,1H3,(H,21,25)/t18-/m1/s1. The third kappa shape index (κ3) is 4.66.